The zero-order valence-corrected chi connectivity index (χ0v) is 17.0. The second-order valence-corrected chi connectivity index (χ2v) is 7.63. The van der Waals surface area contributed by atoms with Crippen molar-refractivity contribution in [1.29, 1.82) is 0 Å². The van der Waals surface area contributed by atoms with Crippen molar-refractivity contribution in [3.8, 4) is 16.9 Å². The van der Waals surface area contributed by atoms with Gasteiger partial charge in [-0.1, -0.05) is 23.7 Å². The fraction of sp³-hybridized carbons (Fsp3) is 0.238. The molecular formula is C21H19ClF3N5O. The Hall–Kier alpha value is -3.20. The summed E-state index contributed by atoms with van der Waals surface area (Å²) < 4.78 is 40.0. The fourth-order valence-corrected chi connectivity index (χ4v) is 3.58. The molecule has 0 bridgehead atoms. The summed E-state index contributed by atoms with van der Waals surface area (Å²) in [4.78, 5) is 14.4. The number of urea groups is 1. The number of nitrogen functional groups attached to an aromatic ring is 1. The van der Waals surface area contributed by atoms with E-state index in [-0.39, 0.29) is 11.8 Å². The van der Waals surface area contributed by atoms with E-state index in [2.05, 4.69) is 10.4 Å². The van der Waals surface area contributed by atoms with Gasteiger partial charge in [-0.15, -0.1) is 0 Å². The first-order valence-electron chi connectivity index (χ1n) is 9.62. The van der Waals surface area contributed by atoms with Crippen molar-refractivity contribution in [2.75, 3.05) is 24.1 Å². The number of likely N-dealkylation sites (tertiary alicyclic amines) is 1. The van der Waals surface area contributed by atoms with E-state index < -0.39 is 11.7 Å². The number of carbonyl (C=O) groups is 1. The molecule has 6 nitrogen and oxygen atoms in total. The molecule has 0 radical (unpaired) electrons. The maximum absolute atomic E-state index is 12.9. The van der Waals surface area contributed by atoms with Gasteiger partial charge in [-0.2, -0.15) is 18.3 Å². The van der Waals surface area contributed by atoms with E-state index in [9.17, 15) is 18.0 Å². The Morgan fingerprint density at radius 2 is 1.65 bits per heavy atom. The van der Waals surface area contributed by atoms with Crippen LogP contribution < -0.4 is 11.1 Å². The number of amides is 2. The van der Waals surface area contributed by atoms with Gasteiger partial charge in [0.25, 0.3) is 0 Å². The van der Waals surface area contributed by atoms with Gasteiger partial charge in [-0.05, 0) is 49.2 Å². The molecule has 3 N–H and O–H groups in total. The van der Waals surface area contributed by atoms with Crippen LogP contribution in [0.5, 0.6) is 0 Å². The Labute approximate surface area is 181 Å². The van der Waals surface area contributed by atoms with Crippen molar-refractivity contribution < 1.29 is 18.0 Å². The van der Waals surface area contributed by atoms with Gasteiger partial charge in [0.15, 0.2) is 5.82 Å². The van der Waals surface area contributed by atoms with E-state index >= 15 is 0 Å². The molecule has 0 aliphatic carbocycles. The smallest absolute Gasteiger partial charge is 0.382 e. The topological polar surface area (TPSA) is 76.2 Å². The van der Waals surface area contributed by atoms with E-state index in [0.29, 0.717) is 40.7 Å². The Morgan fingerprint density at radius 3 is 2.23 bits per heavy atom. The van der Waals surface area contributed by atoms with Crippen molar-refractivity contribution in [1.82, 2.24) is 14.7 Å². The Bertz CT molecular complexity index is 1090. The lowest BCUT2D eigenvalue weighted by Gasteiger charge is -2.16. The molecule has 0 spiro atoms. The van der Waals surface area contributed by atoms with Gasteiger partial charge >= 0.3 is 12.2 Å². The van der Waals surface area contributed by atoms with Crippen molar-refractivity contribution in [3.05, 3.63) is 59.1 Å². The predicted molar refractivity (Wildman–Crippen MR) is 113 cm³/mol. The molecule has 2 aromatic carbocycles. The van der Waals surface area contributed by atoms with Crippen LogP contribution in [-0.2, 0) is 6.18 Å². The maximum Gasteiger partial charge on any atom is 0.416 e. The average molecular weight is 450 g/mol. The molecule has 0 atom stereocenters. The number of alkyl halides is 3. The highest BCUT2D eigenvalue weighted by Crippen LogP contribution is 2.36. The lowest BCUT2D eigenvalue weighted by Crippen LogP contribution is -2.32. The van der Waals surface area contributed by atoms with Crippen LogP contribution >= 0.6 is 11.6 Å². The lowest BCUT2D eigenvalue weighted by atomic mass is 10.1. The summed E-state index contributed by atoms with van der Waals surface area (Å²) in [5.74, 6) is 0.109. The van der Waals surface area contributed by atoms with Crippen LogP contribution in [0, 0.1) is 0 Å². The molecule has 10 heteroatoms. The summed E-state index contributed by atoms with van der Waals surface area (Å²) in [5.41, 5.74) is 7.19. The van der Waals surface area contributed by atoms with Crippen LogP contribution in [-0.4, -0.2) is 33.8 Å². The molecule has 1 aromatic heterocycles. The Kier molecular flexibility index (Phi) is 5.53. The SMILES string of the molecule is Nc1c(NC(=O)N2CCCC2)c(-c2ccc(Cl)cc2)nn1-c1ccc(C(F)(F)F)cc1. The minimum atomic E-state index is -4.45. The second kappa shape index (κ2) is 8.14. The van der Waals surface area contributed by atoms with Crippen molar-refractivity contribution in [2.45, 2.75) is 19.0 Å². The number of halogens is 4. The van der Waals surface area contributed by atoms with Crippen molar-refractivity contribution >= 4 is 29.1 Å². The summed E-state index contributed by atoms with van der Waals surface area (Å²) in [6.07, 6.45) is -2.59. The van der Waals surface area contributed by atoms with Gasteiger partial charge in [0, 0.05) is 23.7 Å². The standard InChI is InChI=1S/C21H19ClF3N5O/c22-15-7-3-13(4-8-15)17-18(27-20(31)29-11-1-2-12-29)19(26)30(28-17)16-9-5-14(6-10-16)21(23,24)25/h3-10H,1-2,11-12,26H2,(H,27,31). The van der Waals surface area contributed by atoms with Crippen LogP contribution in [0.25, 0.3) is 16.9 Å². The number of benzene rings is 2. The van der Waals surface area contributed by atoms with Crippen LogP contribution in [0.15, 0.2) is 48.5 Å². The second-order valence-electron chi connectivity index (χ2n) is 7.20. The number of nitrogens with one attached hydrogen (secondary N) is 1. The predicted octanol–water partition coefficient (Wildman–Crippen LogP) is 5.42. The van der Waals surface area contributed by atoms with Crippen LogP contribution in [0.3, 0.4) is 0 Å². The summed E-state index contributed by atoms with van der Waals surface area (Å²) >= 11 is 5.97. The molecule has 0 saturated carbocycles. The number of hydrogen-bond acceptors (Lipinski definition) is 3. The zero-order chi connectivity index (χ0) is 22.2. The molecule has 4 rings (SSSR count). The highest BCUT2D eigenvalue weighted by Gasteiger charge is 2.30. The van der Waals surface area contributed by atoms with Gasteiger partial charge < -0.3 is 16.0 Å². The average Bonchev–Trinajstić information content (AvgIpc) is 3.38. The van der Waals surface area contributed by atoms with E-state index in [1.807, 2.05) is 0 Å². The van der Waals surface area contributed by atoms with Gasteiger partial charge in [-0.3, -0.25) is 0 Å². The van der Waals surface area contributed by atoms with Gasteiger partial charge in [0.05, 0.1) is 11.3 Å². The van der Waals surface area contributed by atoms with Crippen molar-refractivity contribution in [2.24, 2.45) is 0 Å². The highest BCUT2D eigenvalue weighted by molar-refractivity contribution is 6.30. The third-order valence-electron chi connectivity index (χ3n) is 5.10. The number of nitrogens with two attached hydrogens (primary N) is 1. The summed E-state index contributed by atoms with van der Waals surface area (Å²) in [5, 5.41) is 7.84. The fourth-order valence-electron chi connectivity index (χ4n) is 3.46. The first kappa shape index (κ1) is 21.0. The number of nitrogens with zero attached hydrogens (tertiary/aromatic N) is 3. The molecule has 1 aliphatic heterocycles. The summed E-state index contributed by atoms with van der Waals surface area (Å²) in [6, 6.07) is 11.0. The molecule has 31 heavy (non-hydrogen) atoms. The lowest BCUT2D eigenvalue weighted by molar-refractivity contribution is -0.137. The largest absolute Gasteiger partial charge is 0.416 e. The summed E-state index contributed by atoms with van der Waals surface area (Å²) in [7, 11) is 0. The van der Waals surface area contributed by atoms with E-state index in [0.717, 1.165) is 25.0 Å². The monoisotopic (exact) mass is 449 g/mol. The minimum Gasteiger partial charge on any atom is -0.382 e. The molecule has 1 saturated heterocycles. The molecule has 0 unspecified atom stereocenters. The number of rotatable bonds is 3. The van der Waals surface area contributed by atoms with E-state index in [4.69, 9.17) is 17.3 Å². The first-order valence-corrected chi connectivity index (χ1v) is 10.00. The first-order chi connectivity index (χ1) is 14.7. The Balaban J connectivity index is 1.76. The maximum atomic E-state index is 12.9. The summed E-state index contributed by atoms with van der Waals surface area (Å²) in [6.45, 7) is 1.30. The van der Waals surface area contributed by atoms with Gasteiger partial charge in [0.1, 0.15) is 11.4 Å². The normalized spacial score (nSPS) is 14.1. The molecule has 1 aliphatic rings. The molecule has 2 heterocycles. The molecule has 1 fully saturated rings. The van der Waals surface area contributed by atoms with Crippen molar-refractivity contribution in [3.63, 3.8) is 0 Å². The number of carbonyl (C=O) groups excluding carboxylic acids is 1. The van der Waals surface area contributed by atoms with E-state index in [1.54, 1.807) is 29.2 Å². The quantitative estimate of drug-likeness (QED) is 0.560. The molecule has 3 aromatic rings. The number of aromatic nitrogens is 2. The molecule has 2 amide bonds. The highest BCUT2D eigenvalue weighted by atomic mass is 35.5. The van der Waals surface area contributed by atoms with Gasteiger partial charge in [0.2, 0.25) is 0 Å². The molecule has 162 valence electrons. The number of hydrogen-bond donors (Lipinski definition) is 2. The third-order valence-corrected chi connectivity index (χ3v) is 5.36. The van der Waals surface area contributed by atoms with Crippen LogP contribution in [0.4, 0.5) is 29.5 Å². The van der Waals surface area contributed by atoms with Crippen LogP contribution in [0.2, 0.25) is 5.02 Å². The van der Waals surface area contributed by atoms with Crippen LogP contribution in [0.1, 0.15) is 18.4 Å². The van der Waals surface area contributed by atoms with Gasteiger partial charge in [-0.25, -0.2) is 9.48 Å². The van der Waals surface area contributed by atoms with E-state index in [1.165, 1.54) is 16.8 Å². The number of anilines is 2. The Morgan fingerprint density at radius 1 is 1.03 bits per heavy atom. The third kappa shape index (κ3) is 4.32. The minimum absolute atomic E-state index is 0.109. The molecular weight excluding hydrogens is 431 g/mol. The zero-order valence-electron chi connectivity index (χ0n) is 16.3.